The molecule has 0 saturated heterocycles. The van der Waals surface area contributed by atoms with Gasteiger partial charge in [0.15, 0.2) is 0 Å². The van der Waals surface area contributed by atoms with Crippen molar-refractivity contribution in [2.24, 2.45) is 5.73 Å². The molecule has 0 aliphatic heterocycles. The van der Waals surface area contributed by atoms with Gasteiger partial charge in [-0.1, -0.05) is 53.0 Å². The Bertz CT molecular complexity index is 197. The fourth-order valence-corrected chi connectivity index (χ4v) is 1.28. The first-order valence-electron chi connectivity index (χ1n) is 8.49. The highest BCUT2D eigenvalue weighted by Crippen LogP contribution is 2.05. The van der Waals surface area contributed by atoms with Gasteiger partial charge in [0.1, 0.15) is 6.61 Å². The van der Waals surface area contributed by atoms with Crippen LogP contribution in [0.25, 0.3) is 0 Å². The molecule has 0 radical (unpaired) electrons. The lowest BCUT2D eigenvalue weighted by Gasteiger charge is -2.14. The Morgan fingerprint density at radius 3 is 2.00 bits per heavy atom. The minimum absolute atomic E-state index is 0.0653. The molecule has 0 aliphatic rings. The molecule has 0 saturated carbocycles. The van der Waals surface area contributed by atoms with Crippen molar-refractivity contribution in [2.45, 2.75) is 79.2 Å². The molecule has 0 aromatic heterocycles. The molecule has 0 bridgehead atoms. The number of carbonyl (C=O) groups excluding carboxylic acids is 1. The van der Waals surface area contributed by atoms with Gasteiger partial charge in [0.2, 0.25) is 0 Å². The van der Waals surface area contributed by atoms with Crippen molar-refractivity contribution >= 4 is 5.97 Å². The van der Waals surface area contributed by atoms with E-state index in [1.165, 1.54) is 7.05 Å². The van der Waals surface area contributed by atoms with Gasteiger partial charge in [0.05, 0.1) is 6.10 Å². The highest BCUT2D eigenvalue weighted by atomic mass is 16.6. The van der Waals surface area contributed by atoms with Crippen LogP contribution in [0.3, 0.4) is 0 Å². The SMILES string of the molecule is C=CC.CC.CCCCC(=O)OCC(CCCC)OC.CN. The number of carbonyl (C=O) groups is 1. The van der Waals surface area contributed by atoms with E-state index in [0.29, 0.717) is 13.0 Å². The molecule has 0 amide bonds. The van der Waals surface area contributed by atoms with Crippen molar-refractivity contribution in [3.63, 3.8) is 0 Å². The Labute approximate surface area is 139 Å². The summed E-state index contributed by atoms with van der Waals surface area (Å²) < 4.78 is 10.4. The van der Waals surface area contributed by atoms with Crippen LogP contribution in [-0.4, -0.2) is 32.8 Å². The van der Waals surface area contributed by atoms with E-state index in [9.17, 15) is 4.79 Å². The van der Waals surface area contributed by atoms with Crippen LogP contribution < -0.4 is 5.73 Å². The van der Waals surface area contributed by atoms with Crippen LogP contribution in [0.15, 0.2) is 12.7 Å². The van der Waals surface area contributed by atoms with E-state index in [4.69, 9.17) is 9.47 Å². The molecule has 0 rings (SSSR count). The average Bonchev–Trinajstić information content (AvgIpc) is 2.57. The number of hydrogen-bond donors (Lipinski definition) is 1. The summed E-state index contributed by atoms with van der Waals surface area (Å²) in [6.07, 6.45) is 7.50. The summed E-state index contributed by atoms with van der Waals surface area (Å²) in [6.45, 7) is 13.9. The van der Waals surface area contributed by atoms with Crippen LogP contribution in [0, 0.1) is 0 Å². The highest BCUT2D eigenvalue weighted by Gasteiger charge is 2.10. The molecule has 0 aliphatic carbocycles. The maximum absolute atomic E-state index is 11.2. The van der Waals surface area contributed by atoms with Gasteiger partial charge < -0.3 is 15.2 Å². The summed E-state index contributed by atoms with van der Waals surface area (Å²) in [6, 6.07) is 0. The minimum atomic E-state index is -0.101. The number of allylic oxidation sites excluding steroid dienone is 1. The zero-order valence-corrected chi connectivity index (χ0v) is 16.1. The van der Waals surface area contributed by atoms with Crippen LogP contribution in [0.1, 0.15) is 73.1 Å². The zero-order valence-electron chi connectivity index (χ0n) is 16.1. The lowest BCUT2D eigenvalue weighted by Crippen LogP contribution is -2.20. The molecule has 1 unspecified atom stereocenters. The number of nitrogens with two attached hydrogens (primary N) is 1. The zero-order chi connectivity index (χ0) is 18.2. The van der Waals surface area contributed by atoms with E-state index >= 15 is 0 Å². The predicted molar refractivity (Wildman–Crippen MR) is 98.1 cm³/mol. The van der Waals surface area contributed by atoms with E-state index in [0.717, 1.165) is 32.1 Å². The van der Waals surface area contributed by atoms with Crippen molar-refractivity contribution in [3.05, 3.63) is 12.7 Å². The summed E-state index contributed by atoms with van der Waals surface area (Å²) in [7, 11) is 3.17. The molecular weight excluding hydrogens is 278 g/mol. The normalized spacial score (nSPS) is 9.64. The van der Waals surface area contributed by atoms with Gasteiger partial charge in [0.25, 0.3) is 0 Å². The number of esters is 1. The molecule has 0 spiro atoms. The molecule has 4 nitrogen and oxygen atoms in total. The maximum Gasteiger partial charge on any atom is 0.305 e. The van der Waals surface area contributed by atoms with Crippen molar-refractivity contribution in [3.8, 4) is 0 Å². The number of ether oxygens (including phenoxy) is 2. The molecule has 136 valence electrons. The lowest BCUT2D eigenvalue weighted by molar-refractivity contribution is -0.147. The first kappa shape index (κ1) is 29.2. The van der Waals surface area contributed by atoms with Gasteiger partial charge >= 0.3 is 5.97 Å². The van der Waals surface area contributed by atoms with Crippen LogP contribution in [0.4, 0.5) is 0 Å². The molecule has 2 N–H and O–H groups in total. The van der Waals surface area contributed by atoms with E-state index < -0.39 is 0 Å². The molecule has 1 atom stereocenters. The van der Waals surface area contributed by atoms with Gasteiger partial charge in [0, 0.05) is 13.5 Å². The summed E-state index contributed by atoms with van der Waals surface area (Å²) in [5, 5.41) is 0. The van der Waals surface area contributed by atoms with Crippen LogP contribution in [-0.2, 0) is 14.3 Å². The Kier molecular flexibility index (Phi) is 42.7. The third kappa shape index (κ3) is 31.5. The molecule has 4 heteroatoms. The number of methoxy groups -OCH3 is 1. The summed E-state index contributed by atoms with van der Waals surface area (Å²) in [5.74, 6) is -0.101. The van der Waals surface area contributed by atoms with Gasteiger partial charge in [-0.15, -0.1) is 6.58 Å². The smallest absolute Gasteiger partial charge is 0.305 e. The molecule has 0 aromatic carbocycles. The van der Waals surface area contributed by atoms with Crippen LogP contribution in [0.2, 0.25) is 0 Å². The monoisotopic (exact) mass is 319 g/mol. The minimum Gasteiger partial charge on any atom is -0.463 e. The molecule has 0 heterocycles. The third-order valence-electron chi connectivity index (χ3n) is 2.38. The van der Waals surface area contributed by atoms with Crippen molar-refractivity contribution in [1.82, 2.24) is 0 Å². The van der Waals surface area contributed by atoms with Crippen molar-refractivity contribution in [1.29, 1.82) is 0 Å². The largest absolute Gasteiger partial charge is 0.463 e. The lowest BCUT2D eigenvalue weighted by atomic mass is 10.2. The fraction of sp³-hybridized carbons (Fsp3) is 0.833. The topological polar surface area (TPSA) is 61.5 Å². The first-order valence-corrected chi connectivity index (χ1v) is 8.49. The van der Waals surface area contributed by atoms with E-state index in [2.05, 4.69) is 26.2 Å². The molecular formula is C18H41NO3. The summed E-state index contributed by atoms with van der Waals surface area (Å²) in [4.78, 5) is 11.2. The highest BCUT2D eigenvalue weighted by molar-refractivity contribution is 5.69. The Hall–Kier alpha value is -0.870. The first-order chi connectivity index (χ1) is 10.7. The summed E-state index contributed by atoms with van der Waals surface area (Å²) >= 11 is 0. The number of hydrogen-bond acceptors (Lipinski definition) is 4. The molecule has 22 heavy (non-hydrogen) atoms. The van der Waals surface area contributed by atoms with Crippen molar-refractivity contribution in [2.75, 3.05) is 20.8 Å². The average molecular weight is 320 g/mol. The van der Waals surface area contributed by atoms with Crippen molar-refractivity contribution < 1.29 is 14.3 Å². The number of unbranched alkanes of at least 4 members (excludes halogenated alkanes) is 2. The molecule has 0 aromatic rings. The van der Waals surface area contributed by atoms with Crippen LogP contribution in [0.5, 0.6) is 0 Å². The van der Waals surface area contributed by atoms with Gasteiger partial charge in [-0.25, -0.2) is 0 Å². The second kappa shape index (κ2) is 32.2. The van der Waals surface area contributed by atoms with Gasteiger partial charge in [-0.05, 0) is 26.8 Å². The second-order valence-electron chi connectivity index (χ2n) is 4.19. The second-order valence-corrected chi connectivity index (χ2v) is 4.19. The van der Waals surface area contributed by atoms with Crippen LogP contribution >= 0.6 is 0 Å². The number of rotatable bonds is 9. The quantitative estimate of drug-likeness (QED) is 0.493. The fourth-order valence-electron chi connectivity index (χ4n) is 1.28. The Morgan fingerprint density at radius 1 is 1.18 bits per heavy atom. The van der Waals surface area contributed by atoms with E-state index in [1.54, 1.807) is 13.2 Å². The Balaban J connectivity index is -0.000000198. The molecule has 0 fully saturated rings. The standard InChI is InChI=1S/C12H24O3.C3H6.C2H6.CH5N/c1-4-6-8-11(14-3)10-15-12(13)9-7-5-2;1-3-2;2*1-2/h11H,4-10H2,1-3H3;3H,1H2,2H3;1-2H3;2H2,1H3. The van der Waals surface area contributed by atoms with Gasteiger partial charge in [-0.2, -0.15) is 0 Å². The summed E-state index contributed by atoms with van der Waals surface area (Å²) in [5.41, 5.74) is 4.50. The van der Waals surface area contributed by atoms with Gasteiger partial charge in [-0.3, -0.25) is 4.79 Å². The predicted octanol–water partition coefficient (Wildman–Crippen LogP) is 4.72. The maximum atomic E-state index is 11.2. The van der Waals surface area contributed by atoms with E-state index in [-0.39, 0.29) is 12.1 Å². The Morgan fingerprint density at radius 2 is 1.64 bits per heavy atom. The van der Waals surface area contributed by atoms with E-state index in [1.807, 2.05) is 20.8 Å². The third-order valence-corrected chi connectivity index (χ3v) is 2.38.